The summed E-state index contributed by atoms with van der Waals surface area (Å²) in [5.41, 5.74) is 0.875. The molecule has 3 rings (SSSR count). The number of hydrogen-bond acceptors (Lipinski definition) is 3. The number of hydrogen-bond donors (Lipinski definition) is 0. The molecule has 0 bridgehead atoms. The van der Waals surface area contributed by atoms with Crippen molar-refractivity contribution in [1.82, 2.24) is 4.98 Å². The molecule has 0 aliphatic carbocycles. The minimum absolute atomic E-state index is 0.440. The zero-order valence-electron chi connectivity index (χ0n) is 7.81. The summed E-state index contributed by atoms with van der Waals surface area (Å²) in [5, 5.41) is 0. The van der Waals surface area contributed by atoms with Gasteiger partial charge >= 0.3 is 0 Å². The van der Waals surface area contributed by atoms with E-state index >= 15 is 0 Å². The monoisotopic (exact) mass is 221 g/mol. The van der Waals surface area contributed by atoms with Crippen molar-refractivity contribution in [3.8, 4) is 5.75 Å². The molecule has 0 saturated heterocycles. The molecule has 0 fully saturated rings. The van der Waals surface area contributed by atoms with E-state index in [2.05, 4.69) is 4.98 Å². The van der Waals surface area contributed by atoms with Crippen LogP contribution in [0.2, 0.25) is 0 Å². The third-order valence-electron chi connectivity index (χ3n) is 2.37. The topological polar surface area (TPSA) is 22.1 Å². The Kier molecular flexibility index (Phi) is 2.02. The van der Waals surface area contributed by atoms with E-state index in [1.54, 1.807) is 12.5 Å². The van der Waals surface area contributed by atoms with Crippen molar-refractivity contribution in [2.24, 2.45) is 0 Å². The molecule has 0 aromatic carbocycles. The number of aromatic nitrogens is 1. The summed E-state index contributed by atoms with van der Waals surface area (Å²) >= 11 is 1.22. The van der Waals surface area contributed by atoms with Crippen LogP contribution in [0.3, 0.4) is 0 Å². The number of halogens is 1. The summed E-state index contributed by atoms with van der Waals surface area (Å²) in [4.78, 5) is 5.16. The van der Waals surface area contributed by atoms with Crippen LogP contribution in [0.4, 0.5) is 4.39 Å². The highest BCUT2D eigenvalue weighted by Crippen LogP contribution is 2.47. The fourth-order valence-corrected chi connectivity index (χ4v) is 2.79. The van der Waals surface area contributed by atoms with Crippen LogP contribution in [-0.2, 0) is 0 Å². The van der Waals surface area contributed by atoms with E-state index in [1.165, 1.54) is 11.8 Å². The lowest BCUT2D eigenvalue weighted by molar-refractivity contribution is 0.456. The average Bonchev–Trinajstić information content (AvgIpc) is 2.52. The molecule has 2 nitrogen and oxygen atoms in total. The van der Waals surface area contributed by atoms with Gasteiger partial charge in [0.25, 0.3) is 0 Å². The van der Waals surface area contributed by atoms with Gasteiger partial charge in [0.1, 0.15) is 5.69 Å². The Morgan fingerprint density at radius 2 is 2.47 bits per heavy atom. The van der Waals surface area contributed by atoms with Gasteiger partial charge in [0.15, 0.2) is 11.3 Å². The molecule has 1 unspecified atom stereocenters. The van der Waals surface area contributed by atoms with Gasteiger partial charge in [-0.15, -0.1) is 0 Å². The van der Waals surface area contributed by atoms with Crippen molar-refractivity contribution in [1.29, 1.82) is 0 Å². The minimum Gasteiger partial charge on any atom is -0.463 e. The Morgan fingerprint density at radius 1 is 1.53 bits per heavy atom. The average molecular weight is 221 g/mol. The number of allylic oxidation sites excluding steroid dienone is 2. The second-order valence-electron chi connectivity index (χ2n) is 3.36. The van der Waals surface area contributed by atoms with E-state index in [0.717, 1.165) is 16.2 Å². The predicted octanol–water partition coefficient (Wildman–Crippen LogP) is 3.13. The van der Waals surface area contributed by atoms with Crippen LogP contribution in [0.1, 0.15) is 12.1 Å². The van der Waals surface area contributed by atoms with Crippen LogP contribution < -0.4 is 4.74 Å². The van der Waals surface area contributed by atoms with Gasteiger partial charge in [-0.2, -0.15) is 0 Å². The van der Waals surface area contributed by atoms with Gasteiger partial charge < -0.3 is 4.74 Å². The summed E-state index contributed by atoms with van der Waals surface area (Å²) in [5.74, 6) is 0.695. The SMILES string of the molecule is FC1CC2=C(S1)c1ncccc1OC=C2. The lowest BCUT2D eigenvalue weighted by Gasteiger charge is -2.06. The van der Waals surface area contributed by atoms with E-state index in [9.17, 15) is 4.39 Å². The lowest BCUT2D eigenvalue weighted by Crippen LogP contribution is -1.91. The first-order valence-electron chi connectivity index (χ1n) is 4.67. The van der Waals surface area contributed by atoms with Gasteiger partial charge in [-0.25, -0.2) is 4.39 Å². The molecule has 1 aromatic heterocycles. The second kappa shape index (κ2) is 3.38. The molecule has 0 amide bonds. The molecule has 0 radical (unpaired) electrons. The Morgan fingerprint density at radius 3 is 3.40 bits per heavy atom. The first-order chi connectivity index (χ1) is 7.34. The van der Waals surface area contributed by atoms with Gasteiger partial charge in [0.2, 0.25) is 0 Å². The smallest absolute Gasteiger partial charge is 0.154 e. The Labute approximate surface area is 90.9 Å². The molecule has 2 aliphatic heterocycles. The molecule has 2 aliphatic rings. The Hall–Kier alpha value is -1.29. The molecular formula is C11H8FNOS. The summed E-state index contributed by atoms with van der Waals surface area (Å²) in [6, 6.07) is 3.65. The van der Waals surface area contributed by atoms with Crippen molar-refractivity contribution in [2.75, 3.05) is 0 Å². The van der Waals surface area contributed by atoms with Crippen LogP contribution in [-0.4, -0.2) is 10.5 Å². The highest BCUT2D eigenvalue weighted by molar-refractivity contribution is 8.09. The zero-order chi connectivity index (χ0) is 10.3. The highest BCUT2D eigenvalue weighted by atomic mass is 32.2. The summed E-state index contributed by atoms with van der Waals surface area (Å²) in [6.45, 7) is 0. The molecule has 3 heterocycles. The minimum atomic E-state index is -0.854. The lowest BCUT2D eigenvalue weighted by atomic mass is 10.1. The molecule has 0 spiro atoms. The van der Waals surface area contributed by atoms with E-state index in [0.29, 0.717) is 12.2 Å². The van der Waals surface area contributed by atoms with Crippen LogP contribution in [0.15, 0.2) is 36.2 Å². The maximum Gasteiger partial charge on any atom is 0.154 e. The maximum absolute atomic E-state index is 13.3. The molecular weight excluding hydrogens is 213 g/mol. The number of thioether (sulfide) groups is 1. The fourth-order valence-electron chi connectivity index (χ4n) is 1.71. The van der Waals surface area contributed by atoms with Crippen LogP contribution >= 0.6 is 11.8 Å². The van der Waals surface area contributed by atoms with Gasteiger partial charge in [-0.3, -0.25) is 4.98 Å². The van der Waals surface area contributed by atoms with Gasteiger partial charge in [-0.1, -0.05) is 11.8 Å². The summed E-state index contributed by atoms with van der Waals surface area (Å²) in [7, 11) is 0. The van der Waals surface area contributed by atoms with Crippen molar-refractivity contribution >= 4 is 16.7 Å². The van der Waals surface area contributed by atoms with Gasteiger partial charge in [-0.05, 0) is 23.8 Å². The third kappa shape index (κ3) is 1.45. The highest BCUT2D eigenvalue weighted by Gasteiger charge is 2.28. The number of rotatable bonds is 0. The predicted molar refractivity (Wildman–Crippen MR) is 58.0 cm³/mol. The number of ether oxygens (including phenoxy) is 1. The number of alkyl halides is 1. The van der Waals surface area contributed by atoms with E-state index in [1.807, 2.05) is 18.2 Å². The van der Waals surface area contributed by atoms with E-state index in [-0.39, 0.29) is 0 Å². The van der Waals surface area contributed by atoms with Crippen molar-refractivity contribution in [2.45, 2.75) is 11.9 Å². The standard InChI is InChI=1S/C11H8FNOS/c12-9-6-7-3-5-14-8-2-1-4-13-10(8)11(7)15-9/h1-5,9H,6H2. The molecule has 4 heteroatoms. The molecule has 76 valence electrons. The quantitative estimate of drug-likeness (QED) is 0.672. The number of pyridine rings is 1. The summed E-state index contributed by atoms with van der Waals surface area (Å²) in [6.07, 6.45) is 5.56. The molecule has 0 N–H and O–H groups in total. The summed E-state index contributed by atoms with van der Waals surface area (Å²) < 4.78 is 18.7. The van der Waals surface area contributed by atoms with E-state index in [4.69, 9.17) is 4.74 Å². The Bertz CT molecular complexity index is 469. The van der Waals surface area contributed by atoms with Crippen molar-refractivity contribution in [3.05, 3.63) is 41.9 Å². The Balaban J connectivity index is 2.16. The maximum atomic E-state index is 13.3. The van der Waals surface area contributed by atoms with Gasteiger partial charge in [0, 0.05) is 17.5 Å². The third-order valence-corrected chi connectivity index (χ3v) is 3.48. The van der Waals surface area contributed by atoms with Crippen LogP contribution in [0.25, 0.3) is 4.91 Å². The number of fused-ring (bicyclic) bond motifs is 2. The molecule has 0 saturated carbocycles. The zero-order valence-corrected chi connectivity index (χ0v) is 8.63. The first-order valence-corrected chi connectivity index (χ1v) is 5.55. The van der Waals surface area contributed by atoms with Crippen LogP contribution in [0.5, 0.6) is 5.75 Å². The van der Waals surface area contributed by atoms with Crippen molar-refractivity contribution in [3.63, 3.8) is 0 Å². The molecule has 1 aromatic rings. The molecule has 1 atom stereocenters. The number of nitrogens with zero attached hydrogens (tertiary/aromatic N) is 1. The second-order valence-corrected chi connectivity index (χ2v) is 4.51. The van der Waals surface area contributed by atoms with Crippen LogP contribution in [0, 0.1) is 0 Å². The fraction of sp³-hybridized carbons (Fsp3) is 0.182. The largest absolute Gasteiger partial charge is 0.463 e. The normalized spacial score (nSPS) is 23.1. The van der Waals surface area contributed by atoms with Crippen molar-refractivity contribution < 1.29 is 9.13 Å². The van der Waals surface area contributed by atoms with Gasteiger partial charge in [0.05, 0.1) is 6.26 Å². The first kappa shape index (κ1) is 8.97. The molecule has 15 heavy (non-hydrogen) atoms. The van der Waals surface area contributed by atoms with E-state index < -0.39 is 5.50 Å².